The van der Waals surface area contributed by atoms with Gasteiger partial charge in [0.1, 0.15) is 0 Å². The standard InChI is InChI=1S/C13H16ClN5/c1-10-9-18(8-7-12(10)14)13-15-16-17-19(13)11-5-3-2-4-6-11/h2-6,10,12H,7-9H2,1H3. The molecule has 2 aromatic rings. The lowest BCUT2D eigenvalue weighted by molar-refractivity contribution is 0.447. The lowest BCUT2D eigenvalue weighted by atomic mass is 10.00. The summed E-state index contributed by atoms with van der Waals surface area (Å²) in [6.07, 6.45) is 0.963. The predicted octanol–water partition coefficient (Wildman–Crippen LogP) is 2.12. The van der Waals surface area contributed by atoms with Crippen molar-refractivity contribution in [3.63, 3.8) is 0 Å². The van der Waals surface area contributed by atoms with E-state index < -0.39 is 0 Å². The summed E-state index contributed by atoms with van der Waals surface area (Å²) in [6.45, 7) is 3.95. The van der Waals surface area contributed by atoms with Crippen LogP contribution < -0.4 is 4.90 Å². The van der Waals surface area contributed by atoms with Crippen molar-refractivity contribution >= 4 is 17.5 Å². The van der Waals surface area contributed by atoms with Crippen LogP contribution in [-0.4, -0.2) is 38.7 Å². The number of para-hydroxylation sites is 1. The normalized spacial score (nSPS) is 23.6. The lowest BCUT2D eigenvalue weighted by Crippen LogP contribution is -2.41. The summed E-state index contributed by atoms with van der Waals surface area (Å²) in [5.74, 6) is 1.23. The van der Waals surface area contributed by atoms with Crippen LogP contribution in [0.3, 0.4) is 0 Å². The highest BCUT2D eigenvalue weighted by molar-refractivity contribution is 6.20. The maximum absolute atomic E-state index is 6.27. The maximum Gasteiger partial charge on any atom is 0.250 e. The molecule has 1 aromatic carbocycles. The Bertz CT molecular complexity index is 541. The number of aromatic nitrogens is 4. The van der Waals surface area contributed by atoms with Crippen molar-refractivity contribution in [2.24, 2.45) is 5.92 Å². The number of hydrogen-bond donors (Lipinski definition) is 0. The van der Waals surface area contributed by atoms with Crippen LogP contribution in [-0.2, 0) is 0 Å². The Labute approximate surface area is 117 Å². The summed E-state index contributed by atoms with van der Waals surface area (Å²) >= 11 is 6.27. The molecule has 100 valence electrons. The zero-order valence-corrected chi connectivity index (χ0v) is 11.5. The van der Waals surface area contributed by atoms with Gasteiger partial charge in [-0.05, 0) is 34.9 Å². The van der Waals surface area contributed by atoms with E-state index in [0.717, 1.165) is 31.1 Å². The van der Waals surface area contributed by atoms with E-state index in [2.05, 4.69) is 27.3 Å². The molecule has 3 rings (SSSR count). The zero-order chi connectivity index (χ0) is 13.2. The Morgan fingerprint density at radius 3 is 2.79 bits per heavy atom. The van der Waals surface area contributed by atoms with Gasteiger partial charge in [-0.2, -0.15) is 4.68 Å². The number of rotatable bonds is 2. The zero-order valence-electron chi connectivity index (χ0n) is 10.8. The van der Waals surface area contributed by atoms with Crippen LogP contribution in [0.4, 0.5) is 5.95 Å². The number of halogens is 1. The van der Waals surface area contributed by atoms with Gasteiger partial charge in [-0.3, -0.25) is 0 Å². The monoisotopic (exact) mass is 277 g/mol. The van der Waals surface area contributed by atoms with E-state index in [1.807, 2.05) is 30.3 Å². The fourth-order valence-electron chi connectivity index (χ4n) is 2.41. The Hall–Kier alpha value is -1.62. The first-order valence-electron chi connectivity index (χ1n) is 6.48. The van der Waals surface area contributed by atoms with Crippen molar-refractivity contribution in [3.8, 4) is 5.69 Å². The molecule has 19 heavy (non-hydrogen) atoms. The molecule has 0 radical (unpaired) electrons. The fraction of sp³-hybridized carbons (Fsp3) is 0.462. The lowest BCUT2D eigenvalue weighted by Gasteiger charge is -2.34. The topological polar surface area (TPSA) is 46.8 Å². The summed E-state index contributed by atoms with van der Waals surface area (Å²) in [7, 11) is 0. The smallest absolute Gasteiger partial charge is 0.250 e. The number of piperidine rings is 1. The average molecular weight is 278 g/mol. The summed E-state index contributed by atoms with van der Waals surface area (Å²) in [6, 6.07) is 9.94. The summed E-state index contributed by atoms with van der Waals surface area (Å²) < 4.78 is 1.78. The molecule has 0 aliphatic carbocycles. The molecule has 1 fully saturated rings. The van der Waals surface area contributed by atoms with Crippen molar-refractivity contribution in [3.05, 3.63) is 30.3 Å². The molecule has 5 nitrogen and oxygen atoms in total. The molecule has 1 aliphatic heterocycles. The minimum atomic E-state index is 0.248. The minimum absolute atomic E-state index is 0.248. The predicted molar refractivity (Wildman–Crippen MR) is 74.8 cm³/mol. The molecule has 2 unspecified atom stereocenters. The van der Waals surface area contributed by atoms with E-state index >= 15 is 0 Å². The van der Waals surface area contributed by atoms with Crippen LogP contribution >= 0.6 is 11.6 Å². The van der Waals surface area contributed by atoms with Crippen LogP contribution in [0.5, 0.6) is 0 Å². The second-order valence-electron chi connectivity index (χ2n) is 4.95. The SMILES string of the molecule is CC1CN(c2nnnn2-c2ccccc2)CCC1Cl. The minimum Gasteiger partial charge on any atom is -0.339 e. The highest BCUT2D eigenvalue weighted by atomic mass is 35.5. The molecule has 0 spiro atoms. The van der Waals surface area contributed by atoms with Crippen LogP contribution in [0.2, 0.25) is 0 Å². The van der Waals surface area contributed by atoms with Gasteiger partial charge in [0.05, 0.1) is 5.69 Å². The van der Waals surface area contributed by atoms with Crippen LogP contribution in [0.25, 0.3) is 5.69 Å². The second-order valence-corrected chi connectivity index (χ2v) is 5.51. The largest absolute Gasteiger partial charge is 0.339 e. The average Bonchev–Trinajstić information content (AvgIpc) is 2.92. The van der Waals surface area contributed by atoms with Crippen LogP contribution in [0.1, 0.15) is 13.3 Å². The summed E-state index contributed by atoms with van der Waals surface area (Å²) in [5.41, 5.74) is 0.975. The number of benzene rings is 1. The molecule has 1 aliphatic rings. The van der Waals surface area contributed by atoms with Crippen molar-refractivity contribution < 1.29 is 0 Å². The van der Waals surface area contributed by atoms with Crippen molar-refractivity contribution in [1.82, 2.24) is 20.2 Å². The van der Waals surface area contributed by atoms with Gasteiger partial charge in [-0.25, -0.2) is 0 Å². The molecule has 6 heteroatoms. The third-order valence-corrected chi connectivity index (χ3v) is 4.19. The summed E-state index contributed by atoms with van der Waals surface area (Å²) in [5, 5.41) is 12.3. The van der Waals surface area contributed by atoms with Gasteiger partial charge in [-0.1, -0.05) is 30.2 Å². The first-order chi connectivity index (χ1) is 9.25. The first-order valence-corrected chi connectivity index (χ1v) is 6.92. The van der Waals surface area contributed by atoms with Crippen molar-refractivity contribution in [2.75, 3.05) is 18.0 Å². The first kappa shape index (κ1) is 12.4. The Balaban J connectivity index is 1.89. The van der Waals surface area contributed by atoms with Gasteiger partial charge in [0.25, 0.3) is 0 Å². The van der Waals surface area contributed by atoms with E-state index in [1.54, 1.807) is 4.68 Å². The van der Waals surface area contributed by atoms with Crippen LogP contribution in [0, 0.1) is 5.92 Å². The molecule has 0 N–H and O–H groups in total. The highest BCUT2D eigenvalue weighted by Gasteiger charge is 2.27. The Kier molecular flexibility index (Phi) is 3.38. The number of alkyl halides is 1. The molecule has 1 aromatic heterocycles. The molecular formula is C13H16ClN5. The number of hydrogen-bond acceptors (Lipinski definition) is 4. The molecule has 0 bridgehead atoms. The molecule has 2 atom stereocenters. The van der Waals surface area contributed by atoms with E-state index in [-0.39, 0.29) is 5.38 Å². The number of tetrazole rings is 1. The molecular weight excluding hydrogens is 262 g/mol. The van der Waals surface area contributed by atoms with Gasteiger partial charge in [-0.15, -0.1) is 11.6 Å². The van der Waals surface area contributed by atoms with Gasteiger partial charge in [0.15, 0.2) is 0 Å². The van der Waals surface area contributed by atoms with E-state index in [9.17, 15) is 0 Å². The Morgan fingerprint density at radius 1 is 1.26 bits per heavy atom. The summed E-state index contributed by atoms with van der Waals surface area (Å²) in [4.78, 5) is 2.20. The quantitative estimate of drug-likeness (QED) is 0.789. The Morgan fingerprint density at radius 2 is 2.05 bits per heavy atom. The van der Waals surface area contributed by atoms with Crippen LogP contribution in [0.15, 0.2) is 30.3 Å². The van der Waals surface area contributed by atoms with E-state index in [4.69, 9.17) is 11.6 Å². The third-order valence-electron chi connectivity index (χ3n) is 3.54. The molecule has 0 saturated carbocycles. The molecule has 2 heterocycles. The van der Waals surface area contributed by atoms with Gasteiger partial charge < -0.3 is 4.90 Å². The molecule has 0 amide bonds. The maximum atomic E-state index is 6.27. The van der Waals surface area contributed by atoms with E-state index in [0.29, 0.717) is 5.92 Å². The van der Waals surface area contributed by atoms with Crippen molar-refractivity contribution in [2.45, 2.75) is 18.7 Å². The number of nitrogens with zero attached hydrogens (tertiary/aromatic N) is 5. The van der Waals surface area contributed by atoms with Gasteiger partial charge in [0, 0.05) is 18.5 Å². The van der Waals surface area contributed by atoms with Gasteiger partial charge in [0.2, 0.25) is 5.95 Å². The highest BCUT2D eigenvalue weighted by Crippen LogP contribution is 2.25. The fourth-order valence-corrected chi connectivity index (χ4v) is 2.59. The molecule has 1 saturated heterocycles. The third kappa shape index (κ3) is 2.42. The second kappa shape index (κ2) is 5.17. The number of anilines is 1. The van der Waals surface area contributed by atoms with Crippen molar-refractivity contribution in [1.29, 1.82) is 0 Å². The van der Waals surface area contributed by atoms with E-state index in [1.165, 1.54) is 0 Å². The van der Waals surface area contributed by atoms with Gasteiger partial charge >= 0.3 is 0 Å².